The van der Waals surface area contributed by atoms with Gasteiger partial charge in [0, 0.05) is 23.2 Å². The van der Waals surface area contributed by atoms with Gasteiger partial charge in [0.2, 0.25) is 0 Å². The number of rotatable bonds is 4. The summed E-state index contributed by atoms with van der Waals surface area (Å²) in [5.41, 5.74) is 11.5. The second-order valence-electron chi connectivity index (χ2n) is 6.97. The van der Waals surface area contributed by atoms with Gasteiger partial charge in [-0.15, -0.1) is 0 Å². The number of aryl methyl sites for hydroxylation is 1. The molecular weight excluding hydrogens is 344 g/mol. The van der Waals surface area contributed by atoms with Crippen molar-refractivity contribution in [2.45, 2.75) is 46.0 Å². The predicted octanol–water partition coefficient (Wildman–Crippen LogP) is 3.67. The lowest BCUT2D eigenvalue weighted by Gasteiger charge is -2.13. The van der Waals surface area contributed by atoms with Crippen LogP contribution in [-0.4, -0.2) is 17.6 Å². The van der Waals surface area contributed by atoms with Crippen LogP contribution in [0.5, 0.6) is 0 Å². The first-order valence-electron chi connectivity index (χ1n) is 9.02. The van der Waals surface area contributed by atoms with Gasteiger partial charge in [-0.3, -0.25) is 4.79 Å². The van der Waals surface area contributed by atoms with Crippen molar-refractivity contribution in [3.05, 3.63) is 52.5 Å². The molecule has 0 fully saturated rings. The first kappa shape index (κ1) is 18.7. The molecule has 7 nitrogen and oxygen atoms in total. The fourth-order valence-corrected chi connectivity index (χ4v) is 3.26. The molecule has 0 bridgehead atoms. The highest BCUT2D eigenvalue weighted by Crippen LogP contribution is 2.30. The van der Waals surface area contributed by atoms with Crippen LogP contribution in [0.1, 0.15) is 65.6 Å². The van der Waals surface area contributed by atoms with E-state index in [0.29, 0.717) is 35.1 Å². The quantitative estimate of drug-likeness (QED) is 0.716. The average molecular weight is 368 g/mol. The van der Waals surface area contributed by atoms with E-state index >= 15 is 0 Å². The molecule has 1 aliphatic carbocycles. The number of furan rings is 1. The van der Waals surface area contributed by atoms with Gasteiger partial charge in [-0.2, -0.15) is 5.10 Å². The zero-order valence-corrected chi connectivity index (χ0v) is 15.8. The molecule has 0 atom stereocenters. The van der Waals surface area contributed by atoms with Crippen LogP contribution >= 0.6 is 0 Å². The first-order valence-corrected chi connectivity index (χ1v) is 9.02. The smallest absolute Gasteiger partial charge is 0.332 e. The molecule has 0 aliphatic heterocycles. The number of nitrogens with zero attached hydrogens (tertiary/aromatic N) is 1. The third-order valence-corrected chi connectivity index (χ3v) is 4.67. The fraction of sp³-hybridized carbons (Fsp3) is 0.350. The van der Waals surface area contributed by atoms with E-state index in [0.717, 1.165) is 18.4 Å². The summed E-state index contributed by atoms with van der Waals surface area (Å²) >= 11 is 0. The SMILES string of the molecule is Cc1c(C(=O)Nc2ccc(C(C)C)cc2)oc2c1/C(=N/NC(N)=O)CCC2. The molecule has 0 saturated carbocycles. The van der Waals surface area contributed by atoms with Crippen LogP contribution in [0, 0.1) is 6.92 Å². The Bertz CT molecular complexity index is 895. The number of hydrazone groups is 1. The molecule has 0 saturated heterocycles. The number of primary amides is 1. The number of nitrogens with one attached hydrogen (secondary N) is 2. The highest BCUT2D eigenvalue weighted by atomic mass is 16.4. The third-order valence-electron chi connectivity index (χ3n) is 4.67. The predicted molar refractivity (Wildman–Crippen MR) is 104 cm³/mol. The molecule has 3 amide bonds. The lowest BCUT2D eigenvalue weighted by Crippen LogP contribution is -2.27. The molecule has 1 aliphatic rings. The minimum atomic E-state index is -0.724. The van der Waals surface area contributed by atoms with Gasteiger partial charge in [0.25, 0.3) is 5.91 Å². The van der Waals surface area contributed by atoms with Crippen LogP contribution in [0.2, 0.25) is 0 Å². The van der Waals surface area contributed by atoms with E-state index in [1.165, 1.54) is 5.56 Å². The molecule has 142 valence electrons. The molecule has 1 aromatic carbocycles. The molecule has 0 spiro atoms. The molecule has 27 heavy (non-hydrogen) atoms. The molecular formula is C20H24N4O3. The monoisotopic (exact) mass is 368 g/mol. The molecule has 4 N–H and O–H groups in total. The van der Waals surface area contributed by atoms with E-state index in [-0.39, 0.29) is 11.7 Å². The maximum Gasteiger partial charge on any atom is 0.332 e. The summed E-state index contributed by atoms with van der Waals surface area (Å²) in [7, 11) is 0. The zero-order chi connectivity index (χ0) is 19.6. The van der Waals surface area contributed by atoms with Crippen molar-refractivity contribution in [1.82, 2.24) is 5.43 Å². The Balaban J connectivity index is 1.84. The van der Waals surface area contributed by atoms with Crippen molar-refractivity contribution in [3.8, 4) is 0 Å². The number of carbonyl (C=O) groups is 2. The highest BCUT2D eigenvalue weighted by Gasteiger charge is 2.28. The Morgan fingerprint density at radius 1 is 1.19 bits per heavy atom. The van der Waals surface area contributed by atoms with E-state index < -0.39 is 6.03 Å². The van der Waals surface area contributed by atoms with Gasteiger partial charge in [-0.25, -0.2) is 10.2 Å². The van der Waals surface area contributed by atoms with E-state index in [2.05, 4.69) is 29.7 Å². The van der Waals surface area contributed by atoms with E-state index in [9.17, 15) is 9.59 Å². The molecule has 1 aromatic heterocycles. The maximum atomic E-state index is 12.7. The topological polar surface area (TPSA) is 110 Å². The summed E-state index contributed by atoms with van der Waals surface area (Å²) in [6.07, 6.45) is 2.24. The van der Waals surface area contributed by atoms with Crippen LogP contribution in [-0.2, 0) is 6.42 Å². The summed E-state index contributed by atoms with van der Waals surface area (Å²) < 4.78 is 5.83. The Morgan fingerprint density at radius 2 is 1.89 bits per heavy atom. The molecule has 1 heterocycles. The van der Waals surface area contributed by atoms with Crippen molar-refractivity contribution in [2.75, 3.05) is 5.32 Å². The largest absolute Gasteiger partial charge is 0.455 e. The van der Waals surface area contributed by atoms with Crippen LogP contribution in [0.15, 0.2) is 33.8 Å². The normalized spacial score (nSPS) is 14.9. The lowest BCUT2D eigenvalue weighted by molar-refractivity contribution is 0.0994. The molecule has 0 radical (unpaired) electrons. The number of hydrogen-bond donors (Lipinski definition) is 3. The number of anilines is 1. The van der Waals surface area contributed by atoms with Crippen LogP contribution in [0.3, 0.4) is 0 Å². The molecule has 7 heteroatoms. The number of fused-ring (bicyclic) bond motifs is 1. The van der Waals surface area contributed by atoms with Gasteiger partial charge in [0.1, 0.15) is 5.76 Å². The van der Waals surface area contributed by atoms with Gasteiger partial charge in [-0.1, -0.05) is 26.0 Å². The van der Waals surface area contributed by atoms with Crippen molar-refractivity contribution >= 4 is 23.3 Å². The lowest BCUT2D eigenvalue weighted by atomic mass is 9.93. The van der Waals surface area contributed by atoms with Gasteiger partial charge in [0.05, 0.1) is 5.71 Å². The fourth-order valence-electron chi connectivity index (χ4n) is 3.26. The Morgan fingerprint density at radius 3 is 2.52 bits per heavy atom. The zero-order valence-electron chi connectivity index (χ0n) is 15.8. The van der Waals surface area contributed by atoms with Crippen LogP contribution in [0.4, 0.5) is 10.5 Å². The number of hydrogen-bond acceptors (Lipinski definition) is 4. The maximum absolute atomic E-state index is 12.7. The number of carbonyl (C=O) groups excluding carboxylic acids is 2. The van der Waals surface area contributed by atoms with Crippen LogP contribution in [0.25, 0.3) is 0 Å². The third kappa shape index (κ3) is 4.02. The summed E-state index contributed by atoms with van der Waals surface area (Å²) in [6, 6.07) is 7.05. The van der Waals surface area contributed by atoms with Crippen molar-refractivity contribution < 1.29 is 14.0 Å². The second-order valence-corrected chi connectivity index (χ2v) is 6.97. The second kappa shape index (κ2) is 7.65. The highest BCUT2D eigenvalue weighted by molar-refractivity contribution is 6.09. The summed E-state index contributed by atoms with van der Waals surface area (Å²) in [4.78, 5) is 23.6. The van der Waals surface area contributed by atoms with Crippen LogP contribution < -0.4 is 16.5 Å². The number of benzene rings is 1. The summed E-state index contributed by atoms with van der Waals surface area (Å²) in [6.45, 7) is 6.07. The van der Waals surface area contributed by atoms with Gasteiger partial charge in [-0.05, 0) is 43.4 Å². The summed E-state index contributed by atoms with van der Waals surface area (Å²) in [5.74, 6) is 1.10. The standard InChI is InChI=1S/C20H24N4O3/c1-11(2)13-7-9-14(10-8-13)22-19(25)18-12(3)17-15(23-24-20(21)26)5-4-6-16(17)27-18/h7-11H,4-6H2,1-3H3,(H,22,25)(H3,21,24,26)/b23-15+. The Hall–Kier alpha value is -3.09. The summed E-state index contributed by atoms with van der Waals surface area (Å²) in [5, 5.41) is 6.95. The van der Waals surface area contributed by atoms with E-state index in [4.69, 9.17) is 10.2 Å². The number of urea groups is 1. The van der Waals surface area contributed by atoms with Gasteiger partial charge < -0.3 is 15.5 Å². The minimum Gasteiger partial charge on any atom is -0.455 e. The minimum absolute atomic E-state index is 0.265. The van der Waals surface area contributed by atoms with Crippen molar-refractivity contribution in [3.63, 3.8) is 0 Å². The van der Waals surface area contributed by atoms with Crippen molar-refractivity contribution in [1.29, 1.82) is 0 Å². The van der Waals surface area contributed by atoms with Gasteiger partial charge >= 0.3 is 6.03 Å². The number of amides is 3. The van der Waals surface area contributed by atoms with E-state index in [1.807, 2.05) is 31.2 Å². The molecule has 3 rings (SSSR count). The first-order chi connectivity index (χ1) is 12.9. The van der Waals surface area contributed by atoms with E-state index in [1.54, 1.807) is 0 Å². The Labute approximate surface area is 158 Å². The van der Waals surface area contributed by atoms with Crippen molar-refractivity contribution in [2.24, 2.45) is 10.8 Å². The van der Waals surface area contributed by atoms with Gasteiger partial charge in [0.15, 0.2) is 5.76 Å². The molecule has 2 aromatic rings. The average Bonchev–Trinajstić information content (AvgIpc) is 2.98. The molecule has 0 unspecified atom stereocenters. The number of nitrogens with two attached hydrogens (primary N) is 1. The Kier molecular flexibility index (Phi) is 5.30.